The van der Waals surface area contributed by atoms with Gasteiger partial charge in [-0.1, -0.05) is 123 Å². The van der Waals surface area contributed by atoms with Crippen molar-refractivity contribution in [2.24, 2.45) is 59.2 Å². The normalized spacial score (nSPS) is 26.8. The second-order valence-electron chi connectivity index (χ2n) is 29.0. The van der Waals surface area contributed by atoms with Crippen LogP contribution in [0.4, 0.5) is 0 Å². The fraction of sp³-hybridized carbons (Fsp3) is 0.800. The second kappa shape index (κ2) is 39.0. The number of carbonyl (C=O) groups excluding carboxylic acids is 12. The molecule has 0 radical (unpaired) electrons. The zero-order valence-corrected chi connectivity index (χ0v) is 61.1. The fourth-order valence-electron chi connectivity index (χ4n) is 12.2. The third-order valence-electron chi connectivity index (χ3n) is 18.4. The highest BCUT2D eigenvalue weighted by Gasteiger charge is 2.46. The SMILES string of the molecule is CC[C@@H]1NC(=O)[C@H]([C@H](O)[C@H](C)C/C=C/CCCNC(C)=O)N(C)C(=O)[C@H](C(C)C)N(C)C(=O)[C@H](CC(C)C)N(C)C(=O)[C@H](CC(C)C)N(C)C(=O)[C@@H](C)CC(=O)[C@H](C)CC(=O)[C@H](CC(C)C)N(C)C(=O)[C@H](C(C)C)CC(=O)[C@H](CC(C)C)N(C)C(=O)[C@@H](C)N(C)C1=O. The summed E-state index contributed by atoms with van der Waals surface area (Å²) >= 11 is 0. The van der Waals surface area contributed by atoms with Crippen molar-refractivity contribution < 1.29 is 62.6 Å². The monoisotopic (exact) mass is 1300 g/mol. The molecule has 9 amide bonds. The number of aliphatic hydroxyl groups is 1. The van der Waals surface area contributed by atoms with E-state index in [2.05, 4.69) is 10.6 Å². The van der Waals surface area contributed by atoms with Gasteiger partial charge in [0.2, 0.25) is 53.2 Å². The van der Waals surface area contributed by atoms with Crippen molar-refractivity contribution in [3.05, 3.63) is 12.2 Å². The lowest BCUT2D eigenvalue weighted by atomic mass is 9.84. The molecule has 0 aromatic rings. The third kappa shape index (κ3) is 24.4. The minimum Gasteiger partial charge on any atom is -0.390 e. The number of allylic oxidation sites excluding steroid dienone is 2. The van der Waals surface area contributed by atoms with E-state index in [9.17, 15) is 43.5 Å². The van der Waals surface area contributed by atoms with Crippen LogP contribution in [0, 0.1) is 59.2 Å². The number of nitrogens with one attached hydrogen (secondary N) is 2. The average Bonchev–Trinajstić information content (AvgIpc) is 0.815. The van der Waals surface area contributed by atoms with Gasteiger partial charge in [-0.25, -0.2) is 0 Å². The Morgan fingerprint density at radius 2 is 0.924 bits per heavy atom. The van der Waals surface area contributed by atoms with Gasteiger partial charge in [-0.15, -0.1) is 0 Å². The molecular formula is C70H123N9O13. The number of unbranched alkanes of at least 4 members (excludes halogenated alkanes) is 1. The van der Waals surface area contributed by atoms with Gasteiger partial charge in [0.15, 0.2) is 11.6 Å². The Balaban J connectivity index is 4.39. The Morgan fingerprint density at radius 3 is 1.38 bits per heavy atom. The smallest absolute Gasteiger partial charge is 0.246 e. The van der Waals surface area contributed by atoms with Crippen LogP contribution in [0.1, 0.15) is 195 Å². The zero-order chi connectivity index (χ0) is 71.3. The standard InChI is InChI=1S/C70H123N9O13/c1-26-52-67(89)73(19)49(17)65(87)74(20)54(34-41(4)5)59(83)39-51(44(10)11)66(88)75(21)53(33-40(2)3)58(82)37-47(15)57(81)38-48(16)64(86)76(22)55(35-42(6)7)68(90)77(23)56(36-43(8)9)69(91)78(24)60(45(12)13)70(92)79(25)61(63(85)72-52)62(84)46(14)31-29-27-28-30-32-71-50(18)80/h27,29,40-49,51-56,60-62,84H,26,28,30-39H2,1-25H3,(H,71,80)(H,72,85)/b29-27+/t46-,47-,48+,49-,51+,52+,53+,54+,55+,56+,60+,61+,62-/m1/s1. The highest BCUT2D eigenvalue weighted by molar-refractivity contribution is 6.00. The molecule has 526 valence electrons. The predicted octanol–water partition coefficient (Wildman–Crippen LogP) is 6.83. The topological polar surface area (TPSA) is 272 Å². The van der Waals surface area contributed by atoms with Crippen LogP contribution in [0.3, 0.4) is 0 Å². The molecule has 0 aromatic heterocycles. The maximum Gasteiger partial charge on any atom is 0.246 e. The van der Waals surface area contributed by atoms with Crippen LogP contribution in [0.25, 0.3) is 0 Å². The van der Waals surface area contributed by atoms with E-state index in [0.717, 1.165) is 4.90 Å². The number of rotatable bonds is 19. The number of amides is 9. The van der Waals surface area contributed by atoms with E-state index in [4.69, 9.17) is 0 Å². The van der Waals surface area contributed by atoms with Crippen LogP contribution in [0.2, 0.25) is 0 Å². The summed E-state index contributed by atoms with van der Waals surface area (Å²) in [7, 11) is 10.2. The lowest BCUT2D eigenvalue weighted by Crippen LogP contribution is -2.63. The molecule has 1 fully saturated rings. The number of hydrogen-bond donors (Lipinski definition) is 3. The van der Waals surface area contributed by atoms with Crippen molar-refractivity contribution in [1.29, 1.82) is 0 Å². The van der Waals surface area contributed by atoms with Crippen LogP contribution in [0.15, 0.2) is 12.2 Å². The van der Waals surface area contributed by atoms with E-state index in [1.807, 2.05) is 67.5 Å². The first-order chi connectivity index (χ1) is 42.5. The first-order valence-corrected chi connectivity index (χ1v) is 33.8. The maximum absolute atomic E-state index is 15.4. The van der Waals surface area contributed by atoms with Crippen molar-refractivity contribution in [2.45, 2.75) is 250 Å². The quantitative estimate of drug-likeness (QED) is 0.0886. The predicted molar refractivity (Wildman–Crippen MR) is 359 cm³/mol. The van der Waals surface area contributed by atoms with Gasteiger partial charge in [0.1, 0.15) is 42.0 Å². The Hall–Kier alpha value is -6.06. The summed E-state index contributed by atoms with van der Waals surface area (Å²) in [4.78, 5) is 183. The van der Waals surface area contributed by atoms with Crippen molar-refractivity contribution in [3.8, 4) is 0 Å². The maximum atomic E-state index is 15.4. The zero-order valence-electron chi connectivity index (χ0n) is 61.1. The molecular weight excluding hydrogens is 1170 g/mol. The molecule has 0 aromatic carbocycles. The molecule has 0 unspecified atom stereocenters. The Bertz CT molecular complexity index is 2530. The molecule has 13 atom stereocenters. The van der Waals surface area contributed by atoms with Gasteiger partial charge in [-0.05, 0) is 99.7 Å². The van der Waals surface area contributed by atoms with Gasteiger partial charge in [-0.3, -0.25) is 57.5 Å². The fourth-order valence-corrected chi connectivity index (χ4v) is 12.2. The van der Waals surface area contributed by atoms with E-state index in [1.165, 1.54) is 92.6 Å². The van der Waals surface area contributed by atoms with E-state index >= 15 is 19.2 Å². The van der Waals surface area contributed by atoms with E-state index in [0.29, 0.717) is 19.4 Å². The van der Waals surface area contributed by atoms with E-state index in [-0.39, 0.29) is 98.9 Å². The highest BCUT2D eigenvalue weighted by Crippen LogP contribution is 2.29. The van der Waals surface area contributed by atoms with Crippen LogP contribution in [-0.2, 0) is 57.5 Å². The van der Waals surface area contributed by atoms with Gasteiger partial charge in [-0.2, -0.15) is 0 Å². The Morgan fingerprint density at radius 1 is 0.500 bits per heavy atom. The van der Waals surface area contributed by atoms with Crippen LogP contribution >= 0.6 is 0 Å². The number of ketones is 3. The molecule has 1 aliphatic heterocycles. The first kappa shape index (κ1) is 84.0. The molecule has 1 aliphatic rings. The van der Waals surface area contributed by atoms with Gasteiger partial charge in [0.05, 0.1) is 18.2 Å². The number of nitrogens with zero attached hydrogens (tertiary/aromatic N) is 7. The summed E-state index contributed by atoms with van der Waals surface area (Å²) in [6.07, 6.45) is 3.74. The summed E-state index contributed by atoms with van der Waals surface area (Å²) in [6, 6.07) is -9.68. The summed E-state index contributed by atoms with van der Waals surface area (Å²) in [6.45, 7) is 32.2. The molecule has 1 saturated heterocycles. The third-order valence-corrected chi connectivity index (χ3v) is 18.4. The van der Waals surface area contributed by atoms with Crippen LogP contribution in [-0.4, -0.2) is 220 Å². The minimum absolute atomic E-state index is 0.00749. The Labute approximate surface area is 552 Å². The molecule has 3 N–H and O–H groups in total. The molecule has 22 heteroatoms. The summed E-state index contributed by atoms with van der Waals surface area (Å²) in [5, 5.41) is 17.9. The average molecular weight is 1300 g/mol. The van der Waals surface area contributed by atoms with Gasteiger partial charge in [0.25, 0.3) is 0 Å². The lowest BCUT2D eigenvalue weighted by molar-refractivity contribution is -0.157. The largest absolute Gasteiger partial charge is 0.390 e. The molecule has 1 heterocycles. The van der Waals surface area contributed by atoms with Crippen molar-refractivity contribution in [1.82, 2.24) is 44.9 Å². The van der Waals surface area contributed by atoms with Crippen molar-refractivity contribution in [3.63, 3.8) is 0 Å². The molecule has 22 nitrogen and oxygen atoms in total. The summed E-state index contributed by atoms with van der Waals surface area (Å²) < 4.78 is 0. The van der Waals surface area contributed by atoms with E-state index in [1.54, 1.807) is 55.4 Å². The molecule has 1 rings (SSSR count). The molecule has 92 heavy (non-hydrogen) atoms. The molecule has 0 spiro atoms. The molecule has 0 saturated carbocycles. The van der Waals surface area contributed by atoms with Crippen molar-refractivity contribution in [2.75, 3.05) is 55.9 Å². The number of hydrogen-bond acceptors (Lipinski definition) is 13. The van der Waals surface area contributed by atoms with Crippen LogP contribution in [0.5, 0.6) is 0 Å². The van der Waals surface area contributed by atoms with Crippen LogP contribution < -0.4 is 10.6 Å². The Kier molecular flexibility index (Phi) is 35.6. The summed E-state index contributed by atoms with van der Waals surface area (Å²) in [5.41, 5.74) is 0. The number of aliphatic hydroxyl groups excluding tert-OH is 1. The number of likely N-dealkylation sites (N-methyl/N-ethyl adjacent to an activating group) is 7. The minimum atomic E-state index is -1.65. The van der Waals surface area contributed by atoms with E-state index < -0.39 is 143 Å². The molecule has 0 bridgehead atoms. The second-order valence-corrected chi connectivity index (χ2v) is 29.0. The highest BCUT2D eigenvalue weighted by atomic mass is 16.3. The number of carbonyl (C=O) groups is 12. The molecule has 0 aliphatic carbocycles. The number of Topliss-reactive ketones (excluding diaryl/α,β-unsaturated/α-hetero) is 3. The van der Waals surface area contributed by atoms with Gasteiger partial charge < -0.3 is 50.0 Å². The lowest BCUT2D eigenvalue weighted by Gasteiger charge is -2.41. The van der Waals surface area contributed by atoms with Crippen molar-refractivity contribution >= 4 is 70.5 Å². The van der Waals surface area contributed by atoms with Gasteiger partial charge >= 0.3 is 0 Å². The first-order valence-electron chi connectivity index (χ1n) is 33.8. The van der Waals surface area contributed by atoms with Gasteiger partial charge in [0, 0.05) is 99.8 Å². The summed E-state index contributed by atoms with van der Waals surface area (Å²) in [5.74, 6) is -11.1.